The normalized spacial score (nSPS) is 16.4. The zero-order chi connectivity index (χ0) is 38.4. The minimum atomic E-state index is -1.02. The molecule has 0 aromatic heterocycles. The van der Waals surface area contributed by atoms with Gasteiger partial charge in [0.2, 0.25) is 23.6 Å². The highest BCUT2D eigenvalue weighted by atomic mass is 16.5. The van der Waals surface area contributed by atoms with E-state index in [1.54, 1.807) is 13.8 Å². The number of nitrogen functional groups attached to an aromatic ring is 1. The SMILES string of the molecule is COC(=O)c1ccc(NC(=O)C(NC(=O)C2CCCN2C(=O)C(C)NC(=O)C(C)NC(=O)OCC2c3ccccc3-c3ccccc32)C(C)C)c(N)c1. The summed E-state index contributed by atoms with van der Waals surface area (Å²) in [5.41, 5.74) is 11.0. The third-order valence-electron chi connectivity index (χ3n) is 9.62. The smallest absolute Gasteiger partial charge is 0.407 e. The maximum absolute atomic E-state index is 13.5. The number of alkyl carbamates (subject to hydrolysis) is 1. The fraction of sp³-hybridized carbons (Fsp3) is 0.385. The first-order valence-electron chi connectivity index (χ1n) is 17.6. The van der Waals surface area contributed by atoms with Crippen molar-refractivity contribution in [3.05, 3.63) is 83.4 Å². The van der Waals surface area contributed by atoms with Gasteiger partial charge in [-0.1, -0.05) is 62.4 Å². The summed E-state index contributed by atoms with van der Waals surface area (Å²) in [6.45, 7) is 6.89. The van der Waals surface area contributed by atoms with Crippen molar-refractivity contribution >= 4 is 47.1 Å². The Balaban J connectivity index is 1.12. The second-order valence-electron chi connectivity index (χ2n) is 13.6. The van der Waals surface area contributed by atoms with E-state index in [9.17, 15) is 28.8 Å². The van der Waals surface area contributed by atoms with Gasteiger partial charge in [-0.05, 0) is 73.1 Å². The maximum Gasteiger partial charge on any atom is 0.407 e. The van der Waals surface area contributed by atoms with E-state index in [4.69, 9.17) is 15.2 Å². The van der Waals surface area contributed by atoms with Crippen LogP contribution >= 0.6 is 0 Å². The molecule has 1 aliphatic carbocycles. The van der Waals surface area contributed by atoms with E-state index in [0.717, 1.165) is 22.3 Å². The van der Waals surface area contributed by atoms with Gasteiger partial charge in [0, 0.05) is 12.5 Å². The molecule has 1 saturated heterocycles. The molecular weight excluding hydrogens is 680 g/mol. The number of nitrogens with two attached hydrogens (primary N) is 1. The van der Waals surface area contributed by atoms with Crippen molar-refractivity contribution in [1.29, 1.82) is 0 Å². The summed E-state index contributed by atoms with van der Waals surface area (Å²) in [7, 11) is 1.25. The largest absolute Gasteiger partial charge is 0.465 e. The lowest BCUT2D eigenvalue weighted by molar-refractivity contribution is -0.141. The molecule has 280 valence electrons. The second kappa shape index (κ2) is 16.6. The first kappa shape index (κ1) is 38.3. The number of carbonyl (C=O) groups is 6. The molecule has 3 aromatic carbocycles. The van der Waals surface area contributed by atoms with Crippen LogP contribution in [0, 0.1) is 5.92 Å². The fourth-order valence-electron chi connectivity index (χ4n) is 6.75. The summed E-state index contributed by atoms with van der Waals surface area (Å²) in [5.74, 6) is -3.17. The molecule has 4 atom stereocenters. The molecule has 2 aliphatic rings. The minimum absolute atomic E-state index is 0.0824. The highest BCUT2D eigenvalue weighted by Crippen LogP contribution is 2.44. The van der Waals surface area contributed by atoms with E-state index in [2.05, 4.69) is 21.3 Å². The Kier molecular flexibility index (Phi) is 12.0. The van der Waals surface area contributed by atoms with E-state index < -0.39 is 59.9 Å². The predicted molar refractivity (Wildman–Crippen MR) is 198 cm³/mol. The molecular formula is C39H46N6O8. The summed E-state index contributed by atoms with van der Waals surface area (Å²) in [6.07, 6.45) is 0.146. The molecule has 1 heterocycles. The molecule has 5 rings (SSSR count). The molecule has 53 heavy (non-hydrogen) atoms. The van der Waals surface area contributed by atoms with Crippen LogP contribution in [-0.2, 0) is 28.7 Å². The van der Waals surface area contributed by atoms with Gasteiger partial charge in [-0.3, -0.25) is 19.2 Å². The summed E-state index contributed by atoms with van der Waals surface area (Å²) in [5, 5.41) is 10.6. The fourth-order valence-corrected chi connectivity index (χ4v) is 6.75. The van der Waals surface area contributed by atoms with E-state index in [0.29, 0.717) is 12.8 Å². The predicted octanol–water partition coefficient (Wildman–Crippen LogP) is 3.56. The zero-order valence-corrected chi connectivity index (χ0v) is 30.4. The number of carbonyl (C=O) groups excluding carboxylic acids is 6. The second-order valence-corrected chi connectivity index (χ2v) is 13.6. The van der Waals surface area contributed by atoms with Gasteiger partial charge in [0.15, 0.2) is 0 Å². The highest BCUT2D eigenvalue weighted by molar-refractivity contribution is 6.01. The van der Waals surface area contributed by atoms with Crippen LogP contribution in [0.3, 0.4) is 0 Å². The number of rotatable bonds is 12. The summed E-state index contributed by atoms with van der Waals surface area (Å²) in [6, 6.07) is 16.4. The molecule has 3 aromatic rings. The lowest BCUT2D eigenvalue weighted by Gasteiger charge is -2.30. The lowest BCUT2D eigenvalue weighted by Crippen LogP contribution is -2.57. The van der Waals surface area contributed by atoms with Gasteiger partial charge in [-0.25, -0.2) is 9.59 Å². The summed E-state index contributed by atoms with van der Waals surface area (Å²) < 4.78 is 10.3. The quantitative estimate of drug-likeness (QED) is 0.137. The molecule has 1 aliphatic heterocycles. The van der Waals surface area contributed by atoms with Crippen molar-refractivity contribution in [3.63, 3.8) is 0 Å². The van der Waals surface area contributed by atoms with Crippen LogP contribution in [0.15, 0.2) is 66.7 Å². The van der Waals surface area contributed by atoms with Gasteiger partial charge in [0.25, 0.3) is 0 Å². The average Bonchev–Trinajstić information content (AvgIpc) is 3.76. The number of ether oxygens (including phenoxy) is 2. The zero-order valence-electron chi connectivity index (χ0n) is 30.4. The van der Waals surface area contributed by atoms with Crippen LogP contribution < -0.4 is 27.0 Å². The third-order valence-corrected chi connectivity index (χ3v) is 9.62. The Morgan fingerprint density at radius 3 is 2.08 bits per heavy atom. The highest BCUT2D eigenvalue weighted by Gasteiger charge is 2.39. The number of methoxy groups -OCH3 is 1. The number of anilines is 2. The molecule has 0 spiro atoms. The van der Waals surface area contributed by atoms with E-state index >= 15 is 0 Å². The molecule has 1 fully saturated rings. The Morgan fingerprint density at radius 2 is 1.47 bits per heavy atom. The van der Waals surface area contributed by atoms with Crippen LogP contribution in [0.1, 0.15) is 67.9 Å². The van der Waals surface area contributed by atoms with Crippen molar-refractivity contribution in [3.8, 4) is 11.1 Å². The van der Waals surface area contributed by atoms with Crippen LogP contribution in [0.2, 0.25) is 0 Å². The van der Waals surface area contributed by atoms with Crippen LogP contribution in [-0.4, -0.2) is 85.0 Å². The number of hydrogen-bond donors (Lipinski definition) is 5. The standard InChI is InChI=1S/C39H46N6O8/c1-21(2)33(36(48)43-31-17-16-24(19-30(31)40)38(50)52-5)44-35(47)32-15-10-18-45(32)37(49)23(4)41-34(46)22(3)42-39(51)53-20-29-27-13-8-6-11-25(27)26-12-7-9-14-28(26)29/h6-9,11-14,16-17,19,21-23,29,32-33H,10,15,18,20,40H2,1-5H3,(H,41,46)(H,42,51)(H,43,48)(H,44,47). The van der Waals surface area contributed by atoms with Gasteiger partial charge in [0.05, 0.1) is 24.0 Å². The molecule has 5 amide bonds. The van der Waals surface area contributed by atoms with Gasteiger partial charge in [0.1, 0.15) is 30.8 Å². The summed E-state index contributed by atoms with van der Waals surface area (Å²) in [4.78, 5) is 79.3. The number of likely N-dealkylation sites (tertiary alicyclic amines) is 1. The first-order valence-corrected chi connectivity index (χ1v) is 17.6. The molecule has 6 N–H and O–H groups in total. The Hall–Kier alpha value is -5.92. The Morgan fingerprint density at radius 1 is 0.830 bits per heavy atom. The van der Waals surface area contributed by atoms with Crippen molar-refractivity contribution < 1.29 is 38.2 Å². The third kappa shape index (κ3) is 8.59. The summed E-state index contributed by atoms with van der Waals surface area (Å²) >= 11 is 0. The minimum Gasteiger partial charge on any atom is -0.465 e. The molecule has 4 unspecified atom stereocenters. The van der Waals surface area contributed by atoms with Gasteiger partial charge in [-0.15, -0.1) is 0 Å². The number of nitrogens with zero attached hydrogens (tertiary/aromatic N) is 1. The molecule has 0 bridgehead atoms. The average molecular weight is 727 g/mol. The van der Waals surface area contributed by atoms with Crippen LogP contribution in [0.25, 0.3) is 11.1 Å². The van der Waals surface area contributed by atoms with Gasteiger partial charge in [-0.2, -0.15) is 0 Å². The number of esters is 1. The van der Waals surface area contributed by atoms with Crippen LogP contribution in [0.4, 0.5) is 16.2 Å². The van der Waals surface area contributed by atoms with Crippen LogP contribution in [0.5, 0.6) is 0 Å². The molecule has 0 saturated carbocycles. The van der Waals surface area contributed by atoms with Crippen molar-refractivity contribution in [1.82, 2.24) is 20.9 Å². The number of nitrogens with one attached hydrogen (secondary N) is 4. The van der Waals surface area contributed by atoms with Gasteiger partial charge >= 0.3 is 12.1 Å². The van der Waals surface area contributed by atoms with E-state index in [1.165, 1.54) is 44.1 Å². The lowest BCUT2D eigenvalue weighted by atomic mass is 9.98. The first-order chi connectivity index (χ1) is 25.3. The number of benzene rings is 3. The van der Waals surface area contributed by atoms with Crippen molar-refractivity contribution in [2.24, 2.45) is 5.92 Å². The van der Waals surface area contributed by atoms with Gasteiger partial charge < -0.3 is 41.4 Å². The van der Waals surface area contributed by atoms with E-state index in [-0.39, 0.29) is 41.9 Å². The number of fused-ring (bicyclic) bond motifs is 3. The molecule has 14 nitrogen and oxygen atoms in total. The molecule has 14 heteroatoms. The van der Waals surface area contributed by atoms with Crippen molar-refractivity contribution in [2.45, 2.75) is 70.6 Å². The number of amides is 5. The monoisotopic (exact) mass is 726 g/mol. The Labute approximate surface area is 308 Å². The van der Waals surface area contributed by atoms with E-state index in [1.807, 2.05) is 48.5 Å². The van der Waals surface area contributed by atoms with Crippen molar-refractivity contribution in [2.75, 3.05) is 31.3 Å². The topological polar surface area (TPSA) is 198 Å². The number of hydrogen-bond acceptors (Lipinski definition) is 9. The molecule has 0 radical (unpaired) electrons. The Bertz CT molecular complexity index is 1850. The maximum atomic E-state index is 13.5.